The highest BCUT2D eigenvalue weighted by atomic mass is 16.5. The SMILES string of the molecule is CC[C@H](C)Oc1ccc(/C=C2/NC(=O)N(C)C2=O)cc1OC. The fourth-order valence-electron chi connectivity index (χ4n) is 1.96. The Kier molecular flexibility index (Phi) is 4.70. The molecule has 0 saturated carbocycles. The largest absolute Gasteiger partial charge is 0.493 e. The molecule has 3 amide bonds. The summed E-state index contributed by atoms with van der Waals surface area (Å²) in [5.41, 5.74) is 0.984. The molecule has 0 aliphatic carbocycles. The molecule has 0 bridgehead atoms. The van der Waals surface area contributed by atoms with Gasteiger partial charge in [0.2, 0.25) is 0 Å². The Morgan fingerprint density at radius 3 is 2.59 bits per heavy atom. The summed E-state index contributed by atoms with van der Waals surface area (Å²) < 4.78 is 11.1. The van der Waals surface area contributed by atoms with Crippen molar-refractivity contribution in [2.24, 2.45) is 0 Å². The van der Waals surface area contributed by atoms with Crippen LogP contribution in [0.2, 0.25) is 0 Å². The summed E-state index contributed by atoms with van der Waals surface area (Å²) in [4.78, 5) is 24.3. The van der Waals surface area contributed by atoms with Gasteiger partial charge in [0, 0.05) is 7.05 Å². The number of nitrogens with one attached hydrogen (secondary N) is 1. The van der Waals surface area contributed by atoms with Gasteiger partial charge in [-0.25, -0.2) is 4.79 Å². The predicted molar refractivity (Wildman–Crippen MR) is 82.7 cm³/mol. The van der Waals surface area contributed by atoms with Crippen molar-refractivity contribution in [2.75, 3.05) is 14.2 Å². The van der Waals surface area contributed by atoms with Crippen LogP contribution in [0, 0.1) is 0 Å². The lowest BCUT2D eigenvalue weighted by Gasteiger charge is -2.15. The fourth-order valence-corrected chi connectivity index (χ4v) is 1.96. The minimum atomic E-state index is -0.431. The highest BCUT2D eigenvalue weighted by Crippen LogP contribution is 2.30. The third kappa shape index (κ3) is 3.21. The maximum atomic E-state index is 11.8. The summed E-state index contributed by atoms with van der Waals surface area (Å²) in [5, 5.41) is 2.52. The van der Waals surface area contributed by atoms with E-state index in [1.165, 1.54) is 7.05 Å². The first-order valence-electron chi connectivity index (χ1n) is 7.11. The molecule has 1 aromatic carbocycles. The number of hydrogen-bond donors (Lipinski definition) is 1. The Bertz CT molecular complexity index is 625. The smallest absolute Gasteiger partial charge is 0.328 e. The molecule has 1 heterocycles. The quantitative estimate of drug-likeness (QED) is 0.670. The molecule has 1 aliphatic heterocycles. The molecule has 1 fully saturated rings. The van der Waals surface area contributed by atoms with E-state index in [0.29, 0.717) is 11.5 Å². The maximum absolute atomic E-state index is 11.8. The molecule has 0 unspecified atom stereocenters. The van der Waals surface area contributed by atoms with E-state index in [9.17, 15) is 9.59 Å². The first kappa shape index (κ1) is 15.9. The number of methoxy groups -OCH3 is 1. The monoisotopic (exact) mass is 304 g/mol. The zero-order valence-electron chi connectivity index (χ0n) is 13.2. The zero-order valence-corrected chi connectivity index (χ0v) is 13.2. The molecule has 0 aromatic heterocycles. The van der Waals surface area contributed by atoms with E-state index in [4.69, 9.17) is 9.47 Å². The molecule has 1 aromatic rings. The second-order valence-corrected chi connectivity index (χ2v) is 5.10. The first-order valence-corrected chi connectivity index (χ1v) is 7.11. The summed E-state index contributed by atoms with van der Waals surface area (Å²) in [5.74, 6) is 0.876. The number of amides is 3. The topological polar surface area (TPSA) is 67.9 Å². The van der Waals surface area contributed by atoms with Gasteiger partial charge in [-0.1, -0.05) is 13.0 Å². The molecule has 6 heteroatoms. The standard InChI is InChI=1S/C16H20N2O4/c1-5-10(2)22-13-7-6-11(9-14(13)21-4)8-12-15(19)18(3)16(20)17-12/h6-10H,5H2,1-4H3,(H,17,20)/b12-8+/t10-/m0/s1. The van der Waals surface area contributed by atoms with E-state index in [1.807, 2.05) is 19.9 Å². The number of rotatable bonds is 5. The lowest BCUT2D eigenvalue weighted by Crippen LogP contribution is -2.25. The van der Waals surface area contributed by atoms with Crippen molar-refractivity contribution in [3.05, 3.63) is 29.5 Å². The Balaban J connectivity index is 2.27. The number of carbonyl (C=O) groups excluding carboxylic acids is 2. The van der Waals surface area contributed by atoms with Crippen molar-refractivity contribution in [3.63, 3.8) is 0 Å². The van der Waals surface area contributed by atoms with Crippen LogP contribution in [0.1, 0.15) is 25.8 Å². The van der Waals surface area contributed by atoms with Crippen molar-refractivity contribution in [2.45, 2.75) is 26.4 Å². The molecular formula is C16H20N2O4. The summed E-state index contributed by atoms with van der Waals surface area (Å²) in [6.45, 7) is 4.03. The van der Waals surface area contributed by atoms with Crippen LogP contribution in [0.3, 0.4) is 0 Å². The third-order valence-electron chi connectivity index (χ3n) is 3.48. The number of nitrogens with zero attached hydrogens (tertiary/aromatic N) is 1. The van der Waals surface area contributed by atoms with Gasteiger partial charge in [-0.05, 0) is 37.1 Å². The van der Waals surface area contributed by atoms with E-state index in [1.54, 1.807) is 25.3 Å². The van der Waals surface area contributed by atoms with Gasteiger partial charge in [0.1, 0.15) is 5.70 Å². The Labute approximate surface area is 129 Å². The highest BCUT2D eigenvalue weighted by Gasteiger charge is 2.29. The number of hydrogen-bond acceptors (Lipinski definition) is 4. The van der Waals surface area contributed by atoms with Crippen LogP contribution in [-0.4, -0.2) is 37.1 Å². The van der Waals surface area contributed by atoms with Crippen molar-refractivity contribution < 1.29 is 19.1 Å². The maximum Gasteiger partial charge on any atom is 0.328 e. The van der Waals surface area contributed by atoms with Gasteiger partial charge >= 0.3 is 6.03 Å². The highest BCUT2D eigenvalue weighted by molar-refractivity contribution is 6.13. The molecule has 2 rings (SSSR count). The Hall–Kier alpha value is -2.50. The first-order chi connectivity index (χ1) is 10.5. The summed E-state index contributed by atoms with van der Waals surface area (Å²) in [6, 6.07) is 4.94. The van der Waals surface area contributed by atoms with Crippen LogP contribution in [0.4, 0.5) is 4.79 Å². The van der Waals surface area contributed by atoms with E-state index in [-0.39, 0.29) is 17.7 Å². The van der Waals surface area contributed by atoms with Gasteiger partial charge in [0.05, 0.1) is 13.2 Å². The Morgan fingerprint density at radius 2 is 2.05 bits per heavy atom. The molecule has 1 saturated heterocycles. The summed E-state index contributed by atoms with van der Waals surface area (Å²) in [7, 11) is 2.99. The molecule has 1 atom stereocenters. The number of likely N-dealkylation sites (N-methyl/N-ethyl adjacent to an activating group) is 1. The fraction of sp³-hybridized carbons (Fsp3) is 0.375. The molecule has 0 spiro atoms. The number of ether oxygens (including phenoxy) is 2. The number of urea groups is 1. The van der Waals surface area contributed by atoms with Gasteiger partial charge in [-0.3, -0.25) is 9.69 Å². The molecule has 0 radical (unpaired) electrons. The molecule has 22 heavy (non-hydrogen) atoms. The van der Waals surface area contributed by atoms with Gasteiger partial charge in [-0.15, -0.1) is 0 Å². The average molecular weight is 304 g/mol. The van der Waals surface area contributed by atoms with Crippen LogP contribution in [0.15, 0.2) is 23.9 Å². The van der Waals surface area contributed by atoms with Gasteiger partial charge in [0.15, 0.2) is 11.5 Å². The van der Waals surface area contributed by atoms with Crippen molar-refractivity contribution in [1.82, 2.24) is 10.2 Å². The van der Waals surface area contributed by atoms with Gasteiger partial charge in [-0.2, -0.15) is 0 Å². The van der Waals surface area contributed by atoms with Crippen molar-refractivity contribution >= 4 is 18.0 Å². The second-order valence-electron chi connectivity index (χ2n) is 5.10. The summed E-state index contributed by atoms with van der Waals surface area (Å²) >= 11 is 0. The second kappa shape index (κ2) is 6.51. The van der Waals surface area contributed by atoms with E-state index in [2.05, 4.69) is 5.32 Å². The van der Waals surface area contributed by atoms with Crippen LogP contribution in [0.25, 0.3) is 6.08 Å². The van der Waals surface area contributed by atoms with Crippen LogP contribution >= 0.6 is 0 Å². The third-order valence-corrected chi connectivity index (χ3v) is 3.48. The molecular weight excluding hydrogens is 284 g/mol. The van der Waals surface area contributed by atoms with Crippen molar-refractivity contribution in [3.8, 4) is 11.5 Å². The van der Waals surface area contributed by atoms with Gasteiger partial charge < -0.3 is 14.8 Å². The molecule has 118 valence electrons. The lowest BCUT2D eigenvalue weighted by molar-refractivity contribution is -0.121. The van der Waals surface area contributed by atoms with Gasteiger partial charge in [0.25, 0.3) is 5.91 Å². The predicted octanol–water partition coefficient (Wildman–Crippen LogP) is 2.40. The van der Waals surface area contributed by atoms with E-state index < -0.39 is 6.03 Å². The number of carbonyl (C=O) groups is 2. The van der Waals surface area contributed by atoms with Crippen LogP contribution in [0.5, 0.6) is 11.5 Å². The molecule has 1 N–H and O–H groups in total. The van der Waals surface area contributed by atoms with Crippen molar-refractivity contribution in [1.29, 1.82) is 0 Å². The zero-order chi connectivity index (χ0) is 16.3. The van der Waals surface area contributed by atoms with Crippen LogP contribution < -0.4 is 14.8 Å². The van der Waals surface area contributed by atoms with Crippen LogP contribution in [-0.2, 0) is 4.79 Å². The average Bonchev–Trinajstić information content (AvgIpc) is 2.75. The van der Waals surface area contributed by atoms with E-state index >= 15 is 0 Å². The number of benzene rings is 1. The Morgan fingerprint density at radius 1 is 1.32 bits per heavy atom. The van der Waals surface area contributed by atoms with E-state index in [0.717, 1.165) is 16.9 Å². The minimum Gasteiger partial charge on any atom is -0.493 e. The molecule has 1 aliphatic rings. The lowest BCUT2D eigenvalue weighted by atomic mass is 10.1. The summed E-state index contributed by atoms with van der Waals surface area (Å²) in [6.07, 6.45) is 2.59. The number of imide groups is 1. The molecule has 6 nitrogen and oxygen atoms in total. The normalized spacial score (nSPS) is 17.6. The minimum absolute atomic E-state index is 0.0856.